The number of nitrogens with zero attached hydrogens (tertiary/aromatic N) is 2. The van der Waals surface area contributed by atoms with Crippen LogP contribution in [0.5, 0.6) is 5.75 Å². The quantitative estimate of drug-likeness (QED) is 0.373. The fourth-order valence-corrected chi connectivity index (χ4v) is 4.76. The van der Waals surface area contributed by atoms with Gasteiger partial charge in [-0.3, -0.25) is 0 Å². The van der Waals surface area contributed by atoms with Crippen LogP contribution in [0.2, 0.25) is 0 Å². The van der Waals surface area contributed by atoms with Crippen molar-refractivity contribution in [3.05, 3.63) is 45.9 Å². The molecule has 224 valence electrons. The number of aliphatic hydroxyl groups excluding tert-OH is 1. The van der Waals surface area contributed by atoms with Gasteiger partial charge in [-0.15, -0.1) is 11.3 Å². The zero-order valence-electron chi connectivity index (χ0n) is 21.3. The molecule has 4 N–H and O–H groups in total. The van der Waals surface area contributed by atoms with E-state index < -0.39 is 24.3 Å². The van der Waals surface area contributed by atoms with Gasteiger partial charge in [-0.25, -0.2) is 14.6 Å². The monoisotopic (exact) mass is 601 g/mol. The van der Waals surface area contributed by atoms with Crippen LogP contribution in [0.1, 0.15) is 41.6 Å². The van der Waals surface area contributed by atoms with E-state index >= 15 is 0 Å². The molecule has 40 heavy (non-hydrogen) atoms. The SMILES string of the molecule is Cc1nc(CNC2CC3(CCN(CCO)CC3)Oc3ccccc32)cs1.O=C(O)C(F)(F)F.O=C(O)C(F)(F)F. The number of piperidine rings is 1. The molecule has 16 heteroatoms. The fourth-order valence-electron chi connectivity index (χ4n) is 4.15. The molecule has 2 aliphatic heterocycles. The first-order chi connectivity index (χ1) is 18.6. The molecule has 0 saturated carbocycles. The maximum Gasteiger partial charge on any atom is 0.490 e. The number of likely N-dealkylation sites (tertiary alicyclic amines) is 1. The van der Waals surface area contributed by atoms with E-state index in [1.165, 1.54) is 5.56 Å². The van der Waals surface area contributed by atoms with Gasteiger partial charge >= 0.3 is 24.3 Å². The summed E-state index contributed by atoms with van der Waals surface area (Å²) in [6, 6.07) is 8.70. The van der Waals surface area contributed by atoms with Gasteiger partial charge in [0.05, 0.1) is 17.3 Å². The molecule has 2 aromatic rings. The number of benzene rings is 1. The van der Waals surface area contributed by atoms with Crippen molar-refractivity contribution in [1.29, 1.82) is 0 Å². The third-order valence-electron chi connectivity index (χ3n) is 6.06. The molecule has 1 spiro atoms. The predicted molar refractivity (Wildman–Crippen MR) is 131 cm³/mol. The zero-order chi connectivity index (χ0) is 30.1. The summed E-state index contributed by atoms with van der Waals surface area (Å²) in [6.07, 6.45) is -7.16. The van der Waals surface area contributed by atoms with Crippen LogP contribution in [0.4, 0.5) is 26.3 Å². The smallest absolute Gasteiger partial charge is 0.487 e. The highest BCUT2D eigenvalue weighted by atomic mass is 32.1. The van der Waals surface area contributed by atoms with E-state index in [9.17, 15) is 31.4 Å². The minimum atomic E-state index is -5.08. The molecule has 0 aliphatic carbocycles. The summed E-state index contributed by atoms with van der Waals surface area (Å²) < 4.78 is 70.0. The van der Waals surface area contributed by atoms with Crippen molar-refractivity contribution in [3.8, 4) is 5.75 Å². The topological polar surface area (TPSA) is 132 Å². The van der Waals surface area contributed by atoms with Gasteiger partial charge in [-0.05, 0) is 25.8 Å². The Balaban J connectivity index is 0.000000333. The van der Waals surface area contributed by atoms with Crippen LogP contribution in [0, 0.1) is 6.92 Å². The lowest BCUT2D eigenvalue weighted by atomic mass is 9.80. The minimum Gasteiger partial charge on any atom is -0.487 e. The Morgan fingerprint density at radius 3 is 2.12 bits per heavy atom. The molecule has 2 aliphatic rings. The van der Waals surface area contributed by atoms with Gasteiger partial charge < -0.3 is 30.3 Å². The van der Waals surface area contributed by atoms with E-state index in [2.05, 4.69) is 44.8 Å². The molecule has 1 aromatic heterocycles. The average Bonchev–Trinajstić information content (AvgIpc) is 3.29. The van der Waals surface area contributed by atoms with Gasteiger partial charge in [0.1, 0.15) is 11.4 Å². The minimum absolute atomic E-state index is 0.101. The first-order valence-corrected chi connectivity index (χ1v) is 12.8. The number of hydrogen-bond acceptors (Lipinski definition) is 8. The molecular formula is C24H29F6N3O6S. The number of β-amino-alcohol motifs (C(OH)–C–C–N with tert-alkyl or cyclic N) is 1. The lowest BCUT2D eigenvalue weighted by molar-refractivity contribution is -0.193. The average molecular weight is 602 g/mol. The zero-order valence-corrected chi connectivity index (χ0v) is 22.1. The summed E-state index contributed by atoms with van der Waals surface area (Å²) in [6.45, 7) is 5.80. The number of ether oxygens (including phenoxy) is 1. The number of aliphatic hydroxyl groups is 1. The lowest BCUT2D eigenvalue weighted by Crippen LogP contribution is -2.52. The Hall–Kier alpha value is -2.95. The van der Waals surface area contributed by atoms with E-state index in [0.29, 0.717) is 0 Å². The molecule has 0 bridgehead atoms. The highest BCUT2D eigenvalue weighted by molar-refractivity contribution is 7.09. The number of aliphatic carboxylic acids is 2. The third kappa shape index (κ3) is 10.2. The summed E-state index contributed by atoms with van der Waals surface area (Å²) >= 11 is 1.70. The summed E-state index contributed by atoms with van der Waals surface area (Å²) in [5, 5.41) is 30.4. The number of para-hydroxylation sites is 1. The summed E-state index contributed by atoms with van der Waals surface area (Å²) in [5.41, 5.74) is 2.27. The number of thiazole rings is 1. The van der Waals surface area contributed by atoms with Crippen LogP contribution >= 0.6 is 11.3 Å². The molecule has 0 amide bonds. The van der Waals surface area contributed by atoms with Crippen LogP contribution in [0.3, 0.4) is 0 Å². The number of carboxylic acid groups (broad SMARTS) is 2. The van der Waals surface area contributed by atoms with Gasteiger partial charge in [0, 0.05) is 49.6 Å². The van der Waals surface area contributed by atoms with Gasteiger partial charge in [-0.1, -0.05) is 18.2 Å². The van der Waals surface area contributed by atoms with E-state index in [1.807, 2.05) is 6.92 Å². The second-order valence-corrected chi connectivity index (χ2v) is 10.1. The number of halogens is 6. The fraction of sp³-hybridized carbons (Fsp3) is 0.542. The molecule has 1 atom stereocenters. The number of fused-ring (bicyclic) bond motifs is 1. The molecule has 3 heterocycles. The molecule has 1 fully saturated rings. The van der Waals surface area contributed by atoms with Crippen molar-refractivity contribution >= 4 is 23.3 Å². The van der Waals surface area contributed by atoms with Gasteiger partial charge in [0.2, 0.25) is 0 Å². The lowest BCUT2D eigenvalue weighted by Gasteiger charge is -2.47. The van der Waals surface area contributed by atoms with E-state index in [0.717, 1.165) is 61.9 Å². The second kappa shape index (κ2) is 14.1. The Morgan fingerprint density at radius 2 is 1.65 bits per heavy atom. The maximum atomic E-state index is 10.6. The van der Waals surface area contributed by atoms with Crippen molar-refractivity contribution in [2.45, 2.75) is 56.7 Å². The van der Waals surface area contributed by atoms with E-state index in [1.54, 1.807) is 11.3 Å². The number of carboxylic acids is 2. The molecular weight excluding hydrogens is 572 g/mol. The molecule has 9 nitrogen and oxygen atoms in total. The third-order valence-corrected chi connectivity index (χ3v) is 6.88. The molecule has 1 saturated heterocycles. The second-order valence-electron chi connectivity index (χ2n) is 8.99. The number of nitrogens with one attached hydrogen (secondary N) is 1. The summed E-state index contributed by atoms with van der Waals surface area (Å²) in [7, 11) is 0. The summed E-state index contributed by atoms with van der Waals surface area (Å²) in [4.78, 5) is 24.7. The number of aromatic nitrogens is 1. The van der Waals surface area contributed by atoms with Crippen molar-refractivity contribution in [2.24, 2.45) is 0 Å². The van der Waals surface area contributed by atoms with Crippen LogP contribution in [-0.4, -0.2) is 81.3 Å². The Morgan fingerprint density at radius 1 is 1.10 bits per heavy atom. The number of alkyl halides is 6. The van der Waals surface area contributed by atoms with Crippen LogP contribution in [0.25, 0.3) is 0 Å². The van der Waals surface area contributed by atoms with Crippen LogP contribution in [-0.2, 0) is 16.1 Å². The molecule has 4 rings (SSSR count). The van der Waals surface area contributed by atoms with Crippen molar-refractivity contribution in [3.63, 3.8) is 0 Å². The number of aryl methyl sites for hydroxylation is 1. The van der Waals surface area contributed by atoms with E-state index in [4.69, 9.17) is 24.5 Å². The normalized spacial score (nSPS) is 18.4. The predicted octanol–water partition coefficient (Wildman–Crippen LogP) is 4.16. The first-order valence-electron chi connectivity index (χ1n) is 11.9. The Labute approximate surface area is 229 Å². The highest BCUT2D eigenvalue weighted by Gasteiger charge is 2.43. The van der Waals surface area contributed by atoms with Gasteiger partial charge in [0.25, 0.3) is 0 Å². The van der Waals surface area contributed by atoms with Gasteiger partial charge in [-0.2, -0.15) is 26.3 Å². The van der Waals surface area contributed by atoms with Crippen molar-refractivity contribution in [2.75, 3.05) is 26.2 Å². The number of rotatable bonds is 5. The summed E-state index contributed by atoms with van der Waals surface area (Å²) in [5.74, 6) is -4.50. The van der Waals surface area contributed by atoms with Crippen molar-refractivity contribution < 1.29 is 56.0 Å². The Kier molecular flexibility index (Phi) is 11.7. The van der Waals surface area contributed by atoms with Crippen LogP contribution in [0.15, 0.2) is 29.6 Å². The van der Waals surface area contributed by atoms with Gasteiger partial charge in [0.15, 0.2) is 0 Å². The first kappa shape index (κ1) is 33.3. The van der Waals surface area contributed by atoms with Crippen molar-refractivity contribution in [1.82, 2.24) is 15.2 Å². The van der Waals surface area contributed by atoms with Crippen LogP contribution < -0.4 is 10.1 Å². The highest BCUT2D eigenvalue weighted by Crippen LogP contribution is 2.44. The maximum absolute atomic E-state index is 10.6. The molecule has 1 aromatic carbocycles. The standard InChI is InChI=1S/C20H27N3O2S.2C2HF3O2/c1-15-22-16(14-26-15)13-21-18-12-20(6-8-23(9-7-20)10-11-24)25-19-5-3-2-4-17(18)19;2*3-2(4,5)1(6)7/h2-5,14,18,21,24H,6-13H2,1H3;2*(H,6,7). The number of hydrogen-bond donors (Lipinski definition) is 4. The van der Waals surface area contributed by atoms with E-state index in [-0.39, 0.29) is 18.2 Å². The largest absolute Gasteiger partial charge is 0.490 e. The number of carbonyl (C=O) groups is 2. The molecule has 1 unspecified atom stereocenters. The Bertz CT molecular complexity index is 1100. The molecule has 0 radical (unpaired) electrons.